The van der Waals surface area contributed by atoms with Crippen LogP contribution >= 0.6 is 11.8 Å². The number of nitrogens with one attached hydrogen (secondary N) is 2. The first-order valence-electron chi connectivity index (χ1n) is 9.16. The Labute approximate surface area is 169 Å². The molecule has 28 heavy (non-hydrogen) atoms. The number of primary amides is 1. The van der Waals surface area contributed by atoms with Crippen LogP contribution in [-0.4, -0.2) is 92.6 Å². The predicted octanol–water partition coefficient (Wildman–Crippen LogP) is -1.52. The van der Waals surface area contributed by atoms with Crippen molar-refractivity contribution in [3.8, 4) is 0 Å². The van der Waals surface area contributed by atoms with Crippen molar-refractivity contribution in [3.05, 3.63) is 0 Å². The summed E-state index contributed by atoms with van der Waals surface area (Å²) < 4.78 is 10.1. The molecule has 10 nitrogen and oxygen atoms in total. The highest BCUT2D eigenvalue weighted by Gasteiger charge is 2.39. The first kappa shape index (κ1) is 24.3. The molecule has 0 spiro atoms. The molecule has 0 bridgehead atoms. The quantitative estimate of drug-likeness (QED) is 0.215. The molecule has 11 heteroatoms. The molecule has 0 aromatic rings. The van der Waals surface area contributed by atoms with Crippen molar-refractivity contribution in [2.24, 2.45) is 5.73 Å². The van der Waals surface area contributed by atoms with Crippen LogP contribution in [-0.2, 0) is 28.7 Å². The number of carbonyl (C=O) groups is 4. The highest BCUT2D eigenvalue weighted by atomic mass is 32.2. The van der Waals surface area contributed by atoms with Crippen LogP contribution in [0.5, 0.6) is 0 Å². The van der Waals surface area contributed by atoms with E-state index in [-0.39, 0.29) is 37.1 Å². The first-order valence-corrected chi connectivity index (χ1v) is 10.2. The fourth-order valence-corrected chi connectivity index (χ4v) is 3.77. The molecule has 1 aliphatic rings. The van der Waals surface area contributed by atoms with E-state index >= 15 is 0 Å². The Hall–Kier alpha value is -1.69. The van der Waals surface area contributed by atoms with Crippen LogP contribution in [0.2, 0.25) is 0 Å². The molecule has 1 heterocycles. The topological polar surface area (TPSA) is 140 Å². The highest BCUT2D eigenvalue weighted by molar-refractivity contribution is 8.00. The summed E-state index contributed by atoms with van der Waals surface area (Å²) >= 11 is 1.22. The average Bonchev–Trinajstić information content (AvgIpc) is 2.92. The second kappa shape index (κ2) is 13.5. The summed E-state index contributed by atoms with van der Waals surface area (Å²) in [6, 6.07) is -0.564. The molecule has 4 N–H and O–H groups in total. The molecule has 1 aliphatic heterocycles. The zero-order valence-corrected chi connectivity index (χ0v) is 17.2. The molecular weight excluding hydrogens is 388 g/mol. The van der Waals surface area contributed by atoms with Crippen LogP contribution in [0.3, 0.4) is 0 Å². The summed E-state index contributed by atoms with van der Waals surface area (Å²) in [5.74, 6) is -1.06. The number of methoxy groups -OCH3 is 1. The lowest BCUT2D eigenvalue weighted by atomic mass is 10.3. The summed E-state index contributed by atoms with van der Waals surface area (Å²) in [7, 11) is 3.20. The van der Waals surface area contributed by atoms with Gasteiger partial charge in [0.25, 0.3) is 0 Å². The number of nitrogens with zero attached hydrogens (tertiary/aromatic N) is 1. The minimum atomic E-state index is -0.564. The van der Waals surface area contributed by atoms with Gasteiger partial charge in [-0.1, -0.05) is 0 Å². The number of hydrogen-bond acceptors (Lipinski definition) is 8. The third-order valence-corrected chi connectivity index (χ3v) is 5.44. The minimum Gasteiger partial charge on any atom is -0.382 e. The summed E-state index contributed by atoms with van der Waals surface area (Å²) in [6.45, 7) is 2.07. The van der Waals surface area contributed by atoms with Crippen LogP contribution in [0.1, 0.15) is 19.3 Å². The van der Waals surface area contributed by atoms with E-state index in [0.29, 0.717) is 38.5 Å². The van der Waals surface area contributed by atoms with Crippen molar-refractivity contribution in [2.45, 2.75) is 30.6 Å². The number of ether oxygens (including phenoxy) is 2. The third kappa shape index (κ3) is 8.55. The van der Waals surface area contributed by atoms with Crippen molar-refractivity contribution >= 4 is 35.4 Å². The van der Waals surface area contributed by atoms with E-state index in [1.54, 1.807) is 14.2 Å². The second-order valence-corrected chi connectivity index (χ2v) is 7.45. The van der Waals surface area contributed by atoms with Crippen LogP contribution in [0.15, 0.2) is 0 Å². The summed E-state index contributed by atoms with van der Waals surface area (Å²) in [6.07, 6.45) is 0.793. The number of rotatable bonds is 15. The maximum absolute atomic E-state index is 12.4. The number of thioether (sulfide) groups is 1. The zero-order valence-electron chi connectivity index (χ0n) is 16.4. The maximum atomic E-state index is 12.4. The van der Waals surface area contributed by atoms with Gasteiger partial charge in [-0.2, -0.15) is 0 Å². The van der Waals surface area contributed by atoms with E-state index in [9.17, 15) is 19.2 Å². The first-order chi connectivity index (χ1) is 13.4. The molecule has 0 aromatic carbocycles. The lowest BCUT2D eigenvalue weighted by molar-refractivity contribution is -0.138. The Morgan fingerprint density at radius 3 is 2.71 bits per heavy atom. The van der Waals surface area contributed by atoms with Gasteiger partial charge in [0.05, 0.1) is 24.5 Å². The Morgan fingerprint density at radius 2 is 2.07 bits per heavy atom. The Bertz CT molecular complexity index is 548. The van der Waals surface area contributed by atoms with Crippen LogP contribution in [0.4, 0.5) is 0 Å². The van der Waals surface area contributed by atoms with Gasteiger partial charge in [0, 0.05) is 45.4 Å². The normalized spacial score (nSPS) is 17.8. The highest BCUT2D eigenvalue weighted by Crippen LogP contribution is 2.25. The van der Waals surface area contributed by atoms with E-state index in [0.717, 1.165) is 4.90 Å². The van der Waals surface area contributed by atoms with Gasteiger partial charge in [0.15, 0.2) is 0 Å². The van der Waals surface area contributed by atoms with Crippen LogP contribution < -0.4 is 16.4 Å². The second-order valence-electron chi connectivity index (χ2n) is 6.21. The number of hydrogen-bond donors (Lipinski definition) is 3. The maximum Gasteiger partial charge on any atom is 0.242 e. The number of likely N-dealkylation sites (tertiary alicyclic amines) is 1. The van der Waals surface area contributed by atoms with Crippen molar-refractivity contribution < 1.29 is 28.7 Å². The monoisotopic (exact) mass is 418 g/mol. The molecule has 4 amide bonds. The molecule has 2 atom stereocenters. The van der Waals surface area contributed by atoms with E-state index in [1.165, 1.54) is 11.8 Å². The standard InChI is InChI=1S/C17H30N4O6S/c1-19-12(16(18)24)11-28-13-10-15(23)21(17(13)25)6-4-14(22)20-5-3-7-27-9-8-26-2/h12-13,19H,3-11H2,1-2H3,(H2,18,24)(H,20,22)/t12-,13?/m0/s1. The van der Waals surface area contributed by atoms with Crippen molar-refractivity contribution in [1.82, 2.24) is 15.5 Å². The van der Waals surface area contributed by atoms with Crippen molar-refractivity contribution in [2.75, 3.05) is 52.8 Å². The van der Waals surface area contributed by atoms with E-state index in [2.05, 4.69) is 10.6 Å². The SMILES string of the molecule is CN[C@@H](CSC1CC(=O)N(CCC(=O)NCCCOCCOC)C1=O)C(N)=O. The molecule has 0 aromatic heterocycles. The van der Waals surface area contributed by atoms with Crippen molar-refractivity contribution in [1.29, 1.82) is 0 Å². The molecule has 0 radical (unpaired) electrons. The lowest BCUT2D eigenvalue weighted by Gasteiger charge is -2.16. The van der Waals surface area contributed by atoms with Gasteiger partial charge in [0.2, 0.25) is 23.6 Å². The molecule has 1 unspecified atom stereocenters. The Kier molecular flexibility index (Phi) is 11.7. The largest absolute Gasteiger partial charge is 0.382 e. The molecule has 160 valence electrons. The number of nitrogens with two attached hydrogens (primary N) is 1. The summed E-state index contributed by atoms with van der Waals surface area (Å²) in [4.78, 5) is 48.7. The van der Waals surface area contributed by atoms with Gasteiger partial charge in [-0.25, -0.2) is 0 Å². The van der Waals surface area contributed by atoms with Gasteiger partial charge in [0.1, 0.15) is 0 Å². The Morgan fingerprint density at radius 1 is 1.32 bits per heavy atom. The number of imide groups is 1. The van der Waals surface area contributed by atoms with E-state index < -0.39 is 17.2 Å². The minimum absolute atomic E-state index is 0.0518. The third-order valence-electron chi connectivity index (χ3n) is 4.14. The zero-order chi connectivity index (χ0) is 20.9. The number of carbonyl (C=O) groups excluding carboxylic acids is 4. The Balaban J connectivity index is 2.26. The van der Waals surface area contributed by atoms with Gasteiger partial charge in [-0.3, -0.25) is 24.1 Å². The molecular formula is C17H30N4O6S. The summed E-state index contributed by atoms with van der Waals surface area (Å²) in [5.41, 5.74) is 5.25. The lowest BCUT2D eigenvalue weighted by Crippen LogP contribution is -2.42. The van der Waals surface area contributed by atoms with Crippen LogP contribution in [0.25, 0.3) is 0 Å². The molecule has 0 aliphatic carbocycles. The van der Waals surface area contributed by atoms with Crippen molar-refractivity contribution in [3.63, 3.8) is 0 Å². The molecule has 1 fully saturated rings. The van der Waals surface area contributed by atoms with E-state index in [4.69, 9.17) is 15.2 Å². The number of likely N-dealkylation sites (N-methyl/N-ethyl adjacent to an activating group) is 1. The van der Waals surface area contributed by atoms with Gasteiger partial charge >= 0.3 is 0 Å². The van der Waals surface area contributed by atoms with Gasteiger partial charge < -0.3 is 25.8 Å². The molecule has 0 saturated carbocycles. The summed E-state index contributed by atoms with van der Waals surface area (Å²) in [5, 5.41) is 4.96. The molecule has 1 saturated heterocycles. The number of amides is 4. The van der Waals surface area contributed by atoms with Gasteiger partial charge in [-0.05, 0) is 13.5 Å². The van der Waals surface area contributed by atoms with E-state index in [1.807, 2.05) is 0 Å². The fraction of sp³-hybridized carbons (Fsp3) is 0.765. The molecule has 1 rings (SSSR count). The average molecular weight is 419 g/mol. The predicted molar refractivity (Wildman–Crippen MR) is 105 cm³/mol. The fourth-order valence-electron chi connectivity index (χ4n) is 2.49. The van der Waals surface area contributed by atoms with Gasteiger partial charge in [-0.15, -0.1) is 11.8 Å². The van der Waals surface area contributed by atoms with Crippen LogP contribution in [0, 0.1) is 0 Å². The smallest absolute Gasteiger partial charge is 0.242 e.